The van der Waals surface area contributed by atoms with Crippen LogP contribution >= 0.6 is 15.9 Å². The molecule has 1 aromatic rings. The summed E-state index contributed by atoms with van der Waals surface area (Å²) in [4.78, 5) is 0. The van der Waals surface area contributed by atoms with Crippen molar-refractivity contribution in [2.75, 3.05) is 13.1 Å². The summed E-state index contributed by atoms with van der Waals surface area (Å²) < 4.78 is 1.08. The van der Waals surface area contributed by atoms with Crippen molar-refractivity contribution in [3.63, 3.8) is 0 Å². The first-order valence-electron chi connectivity index (χ1n) is 4.88. The Bertz CT molecular complexity index is 345. The second-order valence-electron chi connectivity index (χ2n) is 3.85. The van der Waals surface area contributed by atoms with Gasteiger partial charge < -0.3 is 10.4 Å². The number of phenols is 1. The van der Waals surface area contributed by atoms with E-state index in [4.69, 9.17) is 0 Å². The zero-order chi connectivity index (χ0) is 10.1. The van der Waals surface area contributed by atoms with Gasteiger partial charge in [-0.05, 0) is 43.1 Å². The van der Waals surface area contributed by atoms with Crippen LogP contribution in [-0.4, -0.2) is 18.2 Å². The molecule has 76 valence electrons. The van der Waals surface area contributed by atoms with Gasteiger partial charge in [0, 0.05) is 16.9 Å². The highest BCUT2D eigenvalue weighted by molar-refractivity contribution is 9.10. The fraction of sp³-hybridized carbons (Fsp3) is 0.455. The molecule has 0 spiro atoms. The molecule has 1 aromatic carbocycles. The van der Waals surface area contributed by atoms with Crippen molar-refractivity contribution in [3.05, 3.63) is 27.7 Å². The standard InChI is InChI=1S/C11H14BrNO/c1-7-4-11(14)9(5-10(7)12)8-2-3-13-6-8/h4-5,8,13-14H,2-3,6H2,1H3. The van der Waals surface area contributed by atoms with Crippen molar-refractivity contribution >= 4 is 15.9 Å². The molecule has 2 nitrogen and oxygen atoms in total. The number of rotatable bonds is 1. The van der Waals surface area contributed by atoms with Gasteiger partial charge in [0.15, 0.2) is 0 Å². The van der Waals surface area contributed by atoms with Gasteiger partial charge in [-0.1, -0.05) is 15.9 Å². The molecule has 1 unspecified atom stereocenters. The Labute approximate surface area is 92.5 Å². The van der Waals surface area contributed by atoms with E-state index in [-0.39, 0.29) is 0 Å². The first kappa shape index (κ1) is 9.99. The quantitative estimate of drug-likeness (QED) is 0.809. The van der Waals surface area contributed by atoms with Crippen LogP contribution in [0.1, 0.15) is 23.5 Å². The maximum atomic E-state index is 9.83. The van der Waals surface area contributed by atoms with Crippen LogP contribution in [0, 0.1) is 6.92 Å². The Morgan fingerprint density at radius 2 is 2.29 bits per heavy atom. The zero-order valence-electron chi connectivity index (χ0n) is 8.18. The Kier molecular flexibility index (Phi) is 2.79. The van der Waals surface area contributed by atoms with Gasteiger partial charge in [-0.25, -0.2) is 0 Å². The minimum Gasteiger partial charge on any atom is -0.508 e. The fourth-order valence-corrected chi connectivity index (χ4v) is 2.29. The summed E-state index contributed by atoms with van der Waals surface area (Å²) >= 11 is 3.50. The molecule has 3 heteroatoms. The van der Waals surface area contributed by atoms with E-state index in [1.54, 1.807) is 0 Å². The van der Waals surface area contributed by atoms with E-state index in [1.165, 1.54) is 0 Å². The number of benzene rings is 1. The molecule has 1 aliphatic rings. The Hall–Kier alpha value is -0.540. The lowest BCUT2D eigenvalue weighted by Gasteiger charge is -2.12. The normalized spacial score (nSPS) is 21.4. The molecule has 0 radical (unpaired) electrons. The lowest BCUT2D eigenvalue weighted by Crippen LogP contribution is -2.08. The van der Waals surface area contributed by atoms with Crippen LogP contribution in [0.2, 0.25) is 0 Å². The predicted octanol–water partition coefficient (Wildman–Crippen LogP) is 2.54. The van der Waals surface area contributed by atoms with Crippen LogP contribution in [0.5, 0.6) is 5.75 Å². The number of halogens is 1. The molecule has 2 N–H and O–H groups in total. The van der Waals surface area contributed by atoms with Gasteiger partial charge in [0.25, 0.3) is 0 Å². The predicted molar refractivity (Wildman–Crippen MR) is 60.8 cm³/mol. The van der Waals surface area contributed by atoms with Crippen LogP contribution in [0.15, 0.2) is 16.6 Å². The van der Waals surface area contributed by atoms with E-state index in [0.29, 0.717) is 11.7 Å². The summed E-state index contributed by atoms with van der Waals surface area (Å²) in [6.07, 6.45) is 1.11. The highest BCUT2D eigenvalue weighted by Crippen LogP contribution is 2.34. The second-order valence-corrected chi connectivity index (χ2v) is 4.70. The van der Waals surface area contributed by atoms with Gasteiger partial charge in [0.05, 0.1) is 0 Å². The van der Waals surface area contributed by atoms with Gasteiger partial charge in [0.2, 0.25) is 0 Å². The van der Waals surface area contributed by atoms with E-state index >= 15 is 0 Å². The van der Waals surface area contributed by atoms with Gasteiger partial charge in [-0.15, -0.1) is 0 Å². The first-order valence-corrected chi connectivity index (χ1v) is 5.67. The highest BCUT2D eigenvalue weighted by Gasteiger charge is 2.20. The summed E-state index contributed by atoms with van der Waals surface area (Å²) in [5.74, 6) is 0.895. The molecule has 1 fully saturated rings. The lowest BCUT2D eigenvalue weighted by molar-refractivity contribution is 0.462. The molecule has 0 amide bonds. The molecule has 14 heavy (non-hydrogen) atoms. The SMILES string of the molecule is Cc1cc(O)c(C2CCNC2)cc1Br. The van der Waals surface area contributed by atoms with E-state index in [0.717, 1.165) is 35.1 Å². The molecule has 1 heterocycles. The van der Waals surface area contributed by atoms with Crippen LogP contribution in [0.4, 0.5) is 0 Å². The third-order valence-corrected chi connectivity index (χ3v) is 3.66. The monoisotopic (exact) mass is 255 g/mol. The van der Waals surface area contributed by atoms with Crippen molar-refractivity contribution in [3.8, 4) is 5.75 Å². The highest BCUT2D eigenvalue weighted by atomic mass is 79.9. The Balaban J connectivity index is 2.37. The summed E-state index contributed by atoms with van der Waals surface area (Å²) in [6, 6.07) is 3.88. The molecule has 2 rings (SSSR count). The molecular weight excluding hydrogens is 242 g/mol. The average molecular weight is 256 g/mol. The summed E-state index contributed by atoms with van der Waals surface area (Å²) in [6.45, 7) is 4.01. The van der Waals surface area contributed by atoms with E-state index < -0.39 is 0 Å². The summed E-state index contributed by atoms with van der Waals surface area (Å²) in [7, 11) is 0. The fourth-order valence-electron chi connectivity index (χ4n) is 1.93. The second kappa shape index (κ2) is 3.91. The van der Waals surface area contributed by atoms with Gasteiger partial charge in [-0.3, -0.25) is 0 Å². The smallest absolute Gasteiger partial charge is 0.119 e. The third kappa shape index (κ3) is 1.79. The number of phenolic OH excluding ortho intramolecular Hbond substituents is 1. The lowest BCUT2D eigenvalue weighted by atomic mass is 9.96. The topological polar surface area (TPSA) is 32.3 Å². The minimum absolute atomic E-state index is 0.430. The first-order chi connectivity index (χ1) is 6.68. The zero-order valence-corrected chi connectivity index (χ0v) is 9.76. The van der Waals surface area contributed by atoms with Crippen molar-refractivity contribution in [1.82, 2.24) is 5.32 Å². The van der Waals surface area contributed by atoms with Gasteiger partial charge >= 0.3 is 0 Å². The van der Waals surface area contributed by atoms with E-state index in [1.807, 2.05) is 19.1 Å². The molecule has 0 saturated carbocycles. The van der Waals surface area contributed by atoms with E-state index in [2.05, 4.69) is 21.2 Å². The van der Waals surface area contributed by atoms with Crippen LogP contribution < -0.4 is 5.32 Å². The molecule has 0 aromatic heterocycles. The largest absolute Gasteiger partial charge is 0.508 e. The van der Waals surface area contributed by atoms with Gasteiger partial charge in [-0.2, -0.15) is 0 Å². The molecule has 1 aliphatic heterocycles. The van der Waals surface area contributed by atoms with Crippen molar-refractivity contribution in [2.24, 2.45) is 0 Å². The van der Waals surface area contributed by atoms with Crippen LogP contribution in [0.25, 0.3) is 0 Å². The molecule has 0 aliphatic carbocycles. The van der Waals surface area contributed by atoms with Crippen LogP contribution in [0.3, 0.4) is 0 Å². The van der Waals surface area contributed by atoms with Crippen molar-refractivity contribution in [1.29, 1.82) is 0 Å². The maximum absolute atomic E-state index is 9.83. The summed E-state index contributed by atoms with van der Waals surface area (Å²) in [5, 5.41) is 13.1. The number of aromatic hydroxyl groups is 1. The Morgan fingerprint density at radius 1 is 1.50 bits per heavy atom. The Morgan fingerprint density at radius 3 is 2.93 bits per heavy atom. The summed E-state index contributed by atoms with van der Waals surface area (Å²) in [5.41, 5.74) is 2.14. The van der Waals surface area contributed by atoms with Crippen molar-refractivity contribution in [2.45, 2.75) is 19.3 Å². The number of hydrogen-bond donors (Lipinski definition) is 2. The average Bonchev–Trinajstić information content (AvgIpc) is 2.64. The minimum atomic E-state index is 0.430. The number of aryl methyl sites for hydroxylation is 1. The molecule has 0 bridgehead atoms. The third-order valence-electron chi connectivity index (χ3n) is 2.81. The maximum Gasteiger partial charge on any atom is 0.119 e. The molecule has 1 saturated heterocycles. The van der Waals surface area contributed by atoms with Crippen molar-refractivity contribution < 1.29 is 5.11 Å². The van der Waals surface area contributed by atoms with Crippen LogP contribution in [-0.2, 0) is 0 Å². The van der Waals surface area contributed by atoms with Gasteiger partial charge in [0.1, 0.15) is 5.75 Å². The number of nitrogens with one attached hydrogen (secondary N) is 1. The number of hydrogen-bond acceptors (Lipinski definition) is 2. The van der Waals surface area contributed by atoms with E-state index in [9.17, 15) is 5.11 Å². The molecule has 1 atom stereocenters. The molecular formula is C11H14BrNO.